The van der Waals surface area contributed by atoms with Crippen molar-refractivity contribution in [3.63, 3.8) is 0 Å². The molecule has 0 fully saturated rings. The second-order valence-electron chi connectivity index (χ2n) is 4.97. The molecule has 0 N–H and O–H groups in total. The molecule has 0 bridgehead atoms. The number of halogens is 4. The maximum absolute atomic E-state index is 12.6. The first kappa shape index (κ1) is 15.0. The molecule has 0 amide bonds. The molecule has 0 saturated carbocycles. The van der Waals surface area contributed by atoms with Crippen LogP contribution in [0.1, 0.15) is 16.7 Å². The summed E-state index contributed by atoms with van der Waals surface area (Å²) >= 11 is 3.50. The van der Waals surface area contributed by atoms with Crippen LogP contribution in [0.2, 0.25) is 0 Å². The lowest BCUT2D eigenvalue weighted by atomic mass is 10.0. The maximum atomic E-state index is 12.6. The quantitative estimate of drug-likeness (QED) is 0.575. The minimum absolute atomic E-state index is 0.521. The fourth-order valence-corrected chi connectivity index (χ4v) is 2.83. The Balaban J connectivity index is 1.98. The van der Waals surface area contributed by atoms with E-state index in [-0.39, 0.29) is 0 Å². The van der Waals surface area contributed by atoms with E-state index in [2.05, 4.69) is 20.9 Å². The first-order valence-corrected chi connectivity index (χ1v) is 7.43. The normalized spacial score (nSPS) is 11.8. The summed E-state index contributed by atoms with van der Waals surface area (Å²) in [7, 11) is 0. The largest absolute Gasteiger partial charge is 0.416 e. The standard InChI is InChI=1S/C17H11BrF3N/c18-15-8-5-12-2-1-9-22-16(12)14(15)10-11-3-6-13(7-4-11)17(19,20)21/h1-9H,10H2. The maximum Gasteiger partial charge on any atom is 0.416 e. The van der Waals surface area contributed by atoms with Gasteiger partial charge in [0, 0.05) is 22.5 Å². The molecule has 0 spiro atoms. The van der Waals surface area contributed by atoms with E-state index in [0.717, 1.165) is 38.6 Å². The van der Waals surface area contributed by atoms with Gasteiger partial charge >= 0.3 is 6.18 Å². The number of benzene rings is 2. The molecule has 3 rings (SSSR count). The van der Waals surface area contributed by atoms with Gasteiger partial charge in [-0.3, -0.25) is 4.98 Å². The summed E-state index contributed by atoms with van der Waals surface area (Å²) in [5.74, 6) is 0. The van der Waals surface area contributed by atoms with Crippen LogP contribution in [0, 0.1) is 0 Å². The fourth-order valence-electron chi connectivity index (χ4n) is 2.36. The number of alkyl halides is 3. The molecule has 5 heteroatoms. The van der Waals surface area contributed by atoms with E-state index in [1.165, 1.54) is 12.1 Å². The highest BCUT2D eigenvalue weighted by atomic mass is 79.9. The third-order valence-electron chi connectivity index (χ3n) is 3.48. The lowest BCUT2D eigenvalue weighted by Gasteiger charge is -2.10. The van der Waals surface area contributed by atoms with E-state index < -0.39 is 11.7 Å². The molecule has 0 radical (unpaired) electrons. The van der Waals surface area contributed by atoms with Crippen molar-refractivity contribution >= 4 is 26.8 Å². The highest BCUT2D eigenvalue weighted by Crippen LogP contribution is 2.31. The molecule has 1 heterocycles. The predicted octanol–water partition coefficient (Wildman–Crippen LogP) is 5.61. The van der Waals surface area contributed by atoms with Crippen molar-refractivity contribution in [1.82, 2.24) is 4.98 Å². The van der Waals surface area contributed by atoms with Gasteiger partial charge in [-0.25, -0.2) is 0 Å². The zero-order chi connectivity index (χ0) is 15.7. The van der Waals surface area contributed by atoms with Crippen LogP contribution in [-0.2, 0) is 12.6 Å². The van der Waals surface area contributed by atoms with Crippen LogP contribution >= 0.6 is 15.9 Å². The summed E-state index contributed by atoms with van der Waals surface area (Å²) in [6.07, 6.45) is -2.07. The predicted molar refractivity (Wildman–Crippen MR) is 83.7 cm³/mol. The van der Waals surface area contributed by atoms with Gasteiger partial charge in [-0.2, -0.15) is 13.2 Å². The van der Waals surface area contributed by atoms with Crippen molar-refractivity contribution in [3.05, 3.63) is 75.9 Å². The Bertz CT molecular complexity index is 810. The van der Waals surface area contributed by atoms with Gasteiger partial charge in [0.05, 0.1) is 11.1 Å². The summed E-state index contributed by atoms with van der Waals surface area (Å²) in [4.78, 5) is 4.38. The molecule has 1 aromatic heterocycles. The molecule has 0 atom stereocenters. The van der Waals surface area contributed by atoms with Gasteiger partial charge in [-0.15, -0.1) is 0 Å². The molecular formula is C17H11BrF3N. The van der Waals surface area contributed by atoms with Crippen molar-refractivity contribution in [2.75, 3.05) is 0 Å². The summed E-state index contributed by atoms with van der Waals surface area (Å²) < 4.78 is 38.7. The number of hydrogen-bond donors (Lipinski definition) is 0. The third-order valence-corrected chi connectivity index (χ3v) is 4.23. The third kappa shape index (κ3) is 2.99. The summed E-state index contributed by atoms with van der Waals surface area (Å²) in [5, 5.41) is 1.01. The first-order valence-electron chi connectivity index (χ1n) is 6.63. The molecular weight excluding hydrogens is 355 g/mol. The number of aromatic nitrogens is 1. The Hall–Kier alpha value is -1.88. The van der Waals surface area contributed by atoms with Crippen molar-refractivity contribution in [2.24, 2.45) is 0 Å². The average molecular weight is 366 g/mol. The zero-order valence-electron chi connectivity index (χ0n) is 11.4. The molecule has 1 nitrogen and oxygen atoms in total. The Labute approximate surface area is 133 Å². The number of pyridine rings is 1. The monoisotopic (exact) mass is 365 g/mol. The van der Waals surface area contributed by atoms with Crippen LogP contribution in [0.3, 0.4) is 0 Å². The summed E-state index contributed by atoms with van der Waals surface area (Å²) in [5.41, 5.74) is 2.01. The minimum atomic E-state index is -4.31. The van der Waals surface area contributed by atoms with E-state index in [9.17, 15) is 13.2 Å². The minimum Gasteiger partial charge on any atom is -0.256 e. The van der Waals surface area contributed by atoms with Crippen molar-refractivity contribution in [1.29, 1.82) is 0 Å². The van der Waals surface area contributed by atoms with Gasteiger partial charge in [-0.1, -0.05) is 40.2 Å². The highest BCUT2D eigenvalue weighted by molar-refractivity contribution is 9.10. The van der Waals surface area contributed by atoms with E-state index in [1.807, 2.05) is 24.3 Å². The summed E-state index contributed by atoms with van der Waals surface area (Å²) in [6.45, 7) is 0. The molecule has 0 aliphatic rings. The van der Waals surface area contributed by atoms with Crippen LogP contribution < -0.4 is 0 Å². The molecule has 2 aromatic carbocycles. The topological polar surface area (TPSA) is 12.9 Å². The van der Waals surface area contributed by atoms with Gasteiger partial charge < -0.3 is 0 Å². The zero-order valence-corrected chi connectivity index (χ0v) is 12.9. The smallest absolute Gasteiger partial charge is 0.256 e. The van der Waals surface area contributed by atoms with E-state index in [1.54, 1.807) is 6.20 Å². The van der Waals surface area contributed by atoms with E-state index >= 15 is 0 Å². The lowest BCUT2D eigenvalue weighted by Crippen LogP contribution is -2.04. The number of rotatable bonds is 2. The van der Waals surface area contributed by atoms with Gasteiger partial charge in [0.15, 0.2) is 0 Å². The van der Waals surface area contributed by atoms with Gasteiger partial charge in [0.25, 0.3) is 0 Å². The fraction of sp³-hybridized carbons (Fsp3) is 0.118. The molecule has 0 aliphatic heterocycles. The molecule has 3 aromatic rings. The number of nitrogens with zero attached hydrogens (tertiary/aromatic N) is 1. The van der Waals surface area contributed by atoms with E-state index in [4.69, 9.17) is 0 Å². The number of hydrogen-bond acceptors (Lipinski definition) is 1. The molecule has 22 heavy (non-hydrogen) atoms. The second kappa shape index (κ2) is 5.72. The SMILES string of the molecule is FC(F)(F)c1ccc(Cc2c(Br)ccc3cccnc23)cc1. The molecule has 0 saturated heterocycles. The van der Waals surface area contributed by atoms with E-state index in [0.29, 0.717) is 6.42 Å². The van der Waals surface area contributed by atoms with Crippen molar-refractivity contribution in [2.45, 2.75) is 12.6 Å². The molecule has 0 unspecified atom stereocenters. The number of fused-ring (bicyclic) bond motifs is 1. The Morgan fingerprint density at radius 3 is 2.36 bits per heavy atom. The van der Waals surface area contributed by atoms with Gasteiger partial charge in [0.1, 0.15) is 0 Å². The highest BCUT2D eigenvalue weighted by Gasteiger charge is 2.29. The Kier molecular flexibility index (Phi) is 3.91. The second-order valence-corrected chi connectivity index (χ2v) is 5.83. The summed E-state index contributed by atoms with van der Waals surface area (Å²) in [6, 6.07) is 13.0. The van der Waals surface area contributed by atoms with Crippen LogP contribution in [0.25, 0.3) is 10.9 Å². The van der Waals surface area contributed by atoms with Crippen molar-refractivity contribution in [3.8, 4) is 0 Å². The van der Waals surface area contributed by atoms with Gasteiger partial charge in [0.2, 0.25) is 0 Å². The van der Waals surface area contributed by atoms with Gasteiger partial charge in [-0.05, 0) is 35.4 Å². The Morgan fingerprint density at radius 2 is 1.68 bits per heavy atom. The Morgan fingerprint density at radius 1 is 0.955 bits per heavy atom. The molecule has 112 valence electrons. The van der Waals surface area contributed by atoms with Crippen LogP contribution in [0.15, 0.2) is 59.2 Å². The van der Waals surface area contributed by atoms with Crippen LogP contribution in [0.5, 0.6) is 0 Å². The lowest BCUT2D eigenvalue weighted by molar-refractivity contribution is -0.137. The van der Waals surface area contributed by atoms with Crippen LogP contribution in [-0.4, -0.2) is 4.98 Å². The average Bonchev–Trinajstić information content (AvgIpc) is 2.50. The molecule has 0 aliphatic carbocycles. The van der Waals surface area contributed by atoms with Crippen molar-refractivity contribution < 1.29 is 13.2 Å². The first-order chi connectivity index (χ1) is 10.4. The van der Waals surface area contributed by atoms with Crippen LogP contribution in [0.4, 0.5) is 13.2 Å².